The molecule has 64 valence electrons. The Balaban J connectivity index is 2.70. The Morgan fingerprint density at radius 2 is 1.69 bits per heavy atom. The van der Waals surface area contributed by atoms with Crippen LogP contribution in [-0.2, 0) is 4.79 Å². The number of carbonyl (C=O) groups excluding carboxylic acids is 2. The lowest BCUT2D eigenvalue weighted by molar-refractivity contribution is -0.114. The Bertz CT molecular complexity index is 430. The number of benzene rings is 1. The summed E-state index contributed by atoms with van der Waals surface area (Å²) in [5.74, 6) is -1.96. The minimum absolute atomic E-state index is 0.352. The molecule has 3 nitrogen and oxygen atoms in total. The highest BCUT2D eigenvalue weighted by Gasteiger charge is 2.26. The molecule has 0 aromatic heterocycles. The predicted molar refractivity (Wildman–Crippen MR) is 46.4 cm³/mol. The number of Topliss-reactive ketones (excluding diaryl/α,β-unsaturated/α-hetero) is 2. The molecule has 0 bridgehead atoms. The molecule has 0 amide bonds. The van der Waals surface area contributed by atoms with Crippen LogP contribution in [0.15, 0.2) is 30.0 Å². The van der Waals surface area contributed by atoms with Gasteiger partial charge in [-0.2, -0.15) is 0 Å². The van der Waals surface area contributed by atoms with Gasteiger partial charge in [0.25, 0.3) is 5.78 Å². The highest BCUT2D eigenvalue weighted by molar-refractivity contribution is 6.51. The average Bonchev–Trinajstić information content (AvgIpc) is 2.15. The summed E-state index contributed by atoms with van der Waals surface area (Å²) in [7, 11) is 0. The van der Waals surface area contributed by atoms with Crippen LogP contribution in [0.2, 0.25) is 0 Å². The third kappa shape index (κ3) is 1.05. The Kier molecular flexibility index (Phi) is 1.52. The second kappa shape index (κ2) is 2.55. The van der Waals surface area contributed by atoms with E-state index < -0.39 is 17.3 Å². The number of hydrogen-bond acceptors (Lipinski definition) is 3. The first-order valence-corrected chi connectivity index (χ1v) is 3.79. The number of rotatable bonds is 0. The number of ketones is 2. The minimum atomic E-state index is -0.835. The standard InChI is InChI=1S/C10H6O3/c11-8-5-6-3-1-2-4-7(6)9(12)10(8)13/h1-5,11H. The van der Waals surface area contributed by atoms with Crippen molar-refractivity contribution in [3.63, 3.8) is 0 Å². The zero-order valence-electron chi connectivity index (χ0n) is 6.65. The molecule has 1 N–H and O–H groups in total. The zero-order valence-corrected chi connectivity index (χ0v) is 6.65. The topological polar surface area (TPSA) is 54.4 Å². The van der Waals surface area contributed by atoms with Crippen LogP contribution in [-0.4, -0.2) is 16.7 Å². The molecule has 1 aliphatic carbocycles. The smallest absolute Gasteiger partial charge is 0.267 e. The van der Waals surface area contributed by atoms with Gasteiger partial charge in [0.15, 0.2) is 5.76 Å². The molecule has 0 spiro atoms. The van der Waals surface area contributed by atoms with Crippen LogP contribution >= 0.6 is 0 Å². The zero-order chi connectivity index (χ0) is 9.42. The Morgan fingerprint density at radius 1 is 1.00 bits per heavy atom. The number of fused-ring (bicyclic) bond motifs is 1. The van der Waals surface area contributed by atoms with E-state index in [0.717, 1.165) is 0 Å². The molecule has 3 heteroatoms. The van der Waals surface area contributed by atoms with Crippen LogP contribution in [0.3, 0.4) is 0 Å². The van der Waals surface area contributed by atoms with Crippen LogP contribution < -0.4 is 0 Å². The van der Waals surface area contributed by atoms with Gasteiger partial charge in [0.2, 0.25) is 5.78 Å². The molecule has 0 heterocycles. The molecule has 0 saturated carbocycles. The maximum atomic E-state index is 11.3. The molecule has 0 saturated heterocycles. The van der Waals surface area contributed by atoms with Crippen molar-refractivity contribution in [1.29, 1.82) is 0 Å². The van der Waals surface area contributed by atoms with Crippen LogP contribution in [0.5, 0.6) is 0 Å². The first-order valence-electron chi connectivity index (χ1n) is 3.79. The molecule has 13 heavy (non-hydrogen) atoms. The Hall–Kier alpha value is -1.90. The molecule has 1 aromatic rings. The van der Waals surface area contributed by atoms with E-state index >= 15 is 0 Å². The van der Waals surface area contributed by atoms with E-state index in [1.165, 1.54) is 6.08 Å². The van der Waals surface area contributed by atoms with E-state index in [-0.39, 0.29) is 0 Å². The third-order valence-corrected chi connectivity index (χ3v) is 1.94. The maximum Gasteiger partial charge on any atom is 0.267 e. The molecule has 0 radical (unpaired) electrons. The van der Waals surface area contributed by atoms with Crippen molar-refractivity contribution in [3.05, 3.63) is 41.2 Å². The van der Waals surface area contributed by atoms with Crippen LogP contribution in [0, 0.1) is 0 Å². The van der Waals surface area contributed by atoms with E-state index in [1.54, 1.807) is 24.3 Å². The number of aliphatic hydroxyl groups is 1. The number of hydrogen-bond donors (Lipinski definition) is 1. The fraction of sp³-hybridized carbons (Fsp3) is 0. The van der Waals surface area contributed by atoms with Crippen molar-refractivity contribution < 1.29 is 14.7 Å². The van der Waals surface area contributed by atoms with Gasteiger partial charge in [-0.15, -0.1) is 0 Å². The van der Waals surface area contributed by atoms with E-state index in [4.69, 9.17) is 5.11 Å². The Morgan fingerprint density at radius 3 is 2.46 bits per heavy atom. The van der Waals surface area contributed by atoms with Gasteiger partial charge in [0, 0.05) is 5.56 Å². The van der Waals surface area contributed by atoms with Crippen molar-refractivity contribution in [1.82, 2.24) is 0 Å². The molecular weight excluding hydrogens is 168 g/mol. The summed E-state index contributed by atoms with van der Waals surface area (Å²) in [6.45, 7) is 0. The number of aliphatic hydroxyl groups excluding tert-OH is 1. The minimum Gasteiger partial charge on any atom is -0.504 e. The van der Waals surface area contributed by atoms with Crippen molar-refractivity contribution in [2.24, 2.45) is 0 Å². The summed E-state index contributed by atoms with van der Waals surface area (Å²) in [5.41, 5.74) is 0.940. The lowest BCUT2D eigenvalue weighted by Gasteiger charge is -2.09. The van der Waals surface area contributed by atoms with E-state index in [1.807, 2.05) is 0 Å². The summed E-state index contributed by atoms with van der Waals surface area (Å²) < 4.78 is 0. The molecule has 1 aromatic carbocycles. The van der Waals surface area contributed by atoms with E-state index in [9.17, 15) is 9.59 Å². The summed E-state index contributed by atoms with van der Waals surface area (Å²) in [6, 6.07) is 6.67. The molecule has 1 aliphatic rings. The molecule has 0 fully saturated rings. The van der Waals surface area contributed by atoms with Gasteiger partial charge in [-0.1, -0.05) is 24.3 Å². The lowest BCUT2D eigenvalue weighted by atomic mass is 9.94. The SMILES string of the molecule is O=C1C(=O)c2ccccc2C=C1O. The summed E-state index contributed by atoms with van der Waals surface area (Å²) in [6.07, 6.45) is 1.30. The van der Waals surface area contributed by atoms with Gasteiger partial charge >= 0.3 is 0 Å². The monoisotopic (exact) mass is 174 g/mol. The van der Waals surface area contributed by atoms with Gasteiger partial charge in [0.1, 0.15) is 0 Å². The predicted octanol–water partition coefficient (Wildman–Crippen LogP) is 1.35. The first kappa shape index (κ1) is 7.73. The maximum absolute atomic E-state index is 11.3. The van der Waals surface area contributed by atoms with Gasteiger partial charge in [-0.05, 0) is 11.6 Å². The van der Waals surface area contributed by atoms with Crippen molar-refractivity contribution in [2.75, 3.05) is 0 Å². The van der Waals surface area contributed by atoms with E-state index in [2.05, 4.69) is 0 Å². The summed E-state index contributed by atoms with van der Waals surface area (Å²) >= 11 is 0. The van der Waals surface area contributed by atoms with E-state index in [0.29, 0.717) is 11.1 Å². The first-order chi connectivity index (χ1) is 6.20. The number of carbonyl (C=O) groups is 2. The second-order valence-corrected chi connectivity index (χ2v) is 2.78. The fourth-order valence-corrected chi connectivity index (χ4v) is 1.28. The average molecular weight is 174 g/mol. The van der Waals surface area contributed by atoms with Gasteiger partial charge < -0.3 is 5.11 Å². The number of allylic oxidation sites excluding steroid dienone is 1. The fourth-order valence-electron chi connectivity index (χ4n) is 1.28. The normalized spacial score (nSPS) is 15.2. The quantitative estimate of drug-likeness (QED) is 0.604. The Labute approximate surface area is 74.3 Å². The van der Waals surface area contributed by atoms with Gasteiger partial charge in [0.05, 0.1) is 0 Å². The van der Waals surface area contributed by atoms with Crippen molar-refractivity contribution in [2.45, 2.75) is 0 Å². The second-order valence-electron chi connectivity index (χ2n) is 2.78. The highest BCUT2D eigenvalue weighted by atomic mass is 16.3. The van der Waals surface area contributed by atoms with Crippen LogP contribution in [0.25, 0.3) is 6.08 Å². The summed E-state index contributed by atoms with van der Waals surface area (Å²) in [5, 5.41) is 9.09. The lowest BCUT2D eigenvalue weighted by Crippen LogP contribution is -2.20. The van der Waals surface area contributed by atoms with Gasteiger partial charge in [-0.3, -0.25) is 9.59 Å². The van der Waals surface area contributed by atoms with Gasteiger partial charge in [-0.25, -0.2) is 0 Å². The molecule has 0 aliphatic heterocycles. The van der Waals surface area contributed by atoms with Crippen molar-refractivity contribution in [3.8, 4) is 0 Å². The molecule has 0 atom stereocenters. The van der Waals surface area contributed by atoms with Crippen LogP contribution in [0.4, 0.5) is 0 Å². The van der Waals surface area contributed by atoms with Crippen LogP contribution in [0.1, 0.15) is 15.9 Å². The largest absolute Gasteiger partial charge is 0.504 e. The summed E-state index contributed by atoms with van der Waals surface area (Å²) in [4.78, 5) is 22.3. The molecular formula is C10H6O3. The third-order valence-electron chi connectivity index (χ3n) is 1.94. The van der Waals surface area contributed by atoms with Crippen molar-refractivity contribution >= 4 is 17.6 Å². The highest BCUT2D eigenvalue weighted by Crippen LogP contribution is 2.19. The molecule has 0 unspecified atom stereocenters. The molecule has 2 rings (SSSR count).